The number of aromatic nitrogens is 3. The maximum atomic E-state index is 6.12. The van der Waals surface area contributed by atoms with Crippen molar-refractivity contribution in [3.8, 4) is 34.2 Å². The van der Waals surface area contributed by atoms with Crippen LogP contribution < -0.4 is 0 Å². The number of fused-ring (bicyclic) bond motifs is 12. The van der Waals surface area contributed by atoms with Gasteiger partial charge in [0.25, 0.3) is 0 Å². The lowest BCUT2D eigenvalue weighted by Crippen LogP contribution is -2.00. The van der Waals surface area contributed by atoms with E-state index in [4.69, 9.17) is 19.4 Å². The van der Waals surface area contributed by atoms with Gasteiger partial charge < -0.3 is 4.42 Å². The van der Waals surface area contributed by atoms with Crippen molar-refractivity contribution in [2.45, 2.75) is 0 Å². The van der Waals surface area contributed by atoms with Crippen LogP contribution in [-0.4, -0.2) is 15.0 Å². The van der Waals surface area contributed by atoms with Crippen LogP contribution >= 0.6 is 11.3 Å². The predicted molar refractivity (Wildman–Crippen MR) is 209 cm³/mol. The minimum absolute atomic E-state index is 0.626. The molecule has 5 heteroatoms. The summed E-state index contributed by atoms with van der Waals surface area (Å²) < 4.78 is 8.63. The number of furan rings is 1. The first-order chi connectivity index (χ1) is 24.7. The van der Waals surface area contributed by atoms with E-state index in [1.165, 1.54) is 52.5 Å². The second-order valence-corrected chi connectivity index (χ2v) is 13.9. The molecule has 0 saturated carbocycles. The van der Waals surface area contributed by atoms with Gasteiger partial charge in [-0.05, 0) is 86.9 Å². The van der Waals surface area contributed by atoms with Crippen molar-refractivity contribution in [2.75, 3.05) is 0 Å². The van der Waals surface area contributed by atoms with Gasteiger partial charge in [0, 0.05) is 47.6 Å². The van der Waals surface area contributed by atoms with E-state index in [0.29, 0.717) is 17.5 Å². The van der Waals surface area contributed by atoms with Crippen LogP contribution in [0.1, 0.15) is 0 Å². The monoisotopic (exact) mass is 655 g/mol. The highest BCUT2D eigenvalue weighted by Crippen LogP contribution is 2.43. The maximum Gasteiger partial charge on any atom is 0.164 e. The summed E-state index contributed by atoms with van der Waals surface area (Å²) in [7, 11) is 0. The van der Waals surface area contributed by atoms with E-state index in [1.54, 1.807) is 0 Å². The average molecular weight is 656 g/mol. The molecule has 0 spiro atoms. The Kier molecular flexibility index (Phi) is 5.80. The number of benzene rings is 8. The summed E-state index contributed by atoms with van der Waals surface area (Å²) in [5.41, 5.74) is 4.52. The van der Waals surface area contributed by atoms with Gasteiger partial charge >= 0.3 is 0 Å². The minimum Gasteiger partial charge on any atom is -0.456 e. The number of hydrogen-bond donors (Lipinski definition) is 0. The molecule has 3 heterocycles. The molecule has 0 aliphatic heterocycles. The normalized spacial score (nSPS) is 12.0. The third kappa shape index (κ3) is 4.14. The molecule has 0 radical (unpaired) electrons. The Labute approximate surface area is 289 Å². The van der Waals surface area contributed by atoms with Gasteiger partial charge in [-0.1, -0.05) is 97.1 Å². The largest absolute Gasteiger partial charge is 0.456 e. The van der Waals surface area contributed by atoms with Crippen molar-refractivity contribution >= 4 is 85.8 Å². The van der Waals surface area contributed by atoms with Crippen molar-refractivity contribution in [3.05, 3.63) is 152 Å². The zero-order valence-electron chi connectivity index (χ0n) is 26.6. The number of nitrogens with zero attached hydrogens (tertiary/aromatic N) is 3. The van der Waals surface area contributed by atoms with Crippen molar-refractivity contribution in [2.24, 2.45) is 0 Å². The van der Waals surface area contributed by atoms with Crippen molar-refractivity contribution < 1.29 is 4.42 Å². The van der Waals surface area contributed by atoms with Gasteiger partial charge in [-0.3, -0.25) is 0 Å². The molecule has 232 valence electrons. The van der Waals surface area contributed by atoms with Crippen molar-refractivity contribution in [1.82, 2.24) is 15.0 Å². The lowest BCUT2D eigenvalue weighted by atomic mass is 9.93. The fourth-order valence-electron chi connectivity index (χ4n) is 7.53. The van der Waals surface area contributed by atoms with Gasteiger partial charge in [0.15, 0.2) is 17.5 Å². The van der Waals surface area contributed by atoms with E-state index in [2.05, 4.69) is 91.0 Å². The molecule has 0 bridgehead atoms. The second kappa shape index (κ2) is 10.5. The highest BCUT2D eigenvalue weighted by molar-refractivity contribution is 7.25. The molecule has 0 atom stereocenters. The molecule has 8 aromatic carbocycles. The van der Waals surface area contributed by atoms with Crippen LogP contribution in [0.4, 0.5) is 0 Å². The highest BCUT2D eigenvalue weighted by Gasteiger charge is 2.17. The SMILES string of the molecule is c1ccc(-c2nc(-c3ccc4oc5ccccc5c4c3)nc(-c3ccc4sc5cc6c7ccccc7c7ccccc7c6cc5c4c3)n2)cc1. The van der Waals surface area contributed by atoms with E-state index >= 15 is 0 Å². The van der Waals surface area contributed by atoms with Crippen molar-refractivity contribution in [3.63, 3.8) is 0 Å². The number of para-hydroxylation sites is 1. The molecule has 11 rings (SSSR count). The quantitative estimate of drug-likeness (QED) is 0.178. The molecule has 50 heavy (non-hydrogen) atoms. The van der Waals surface area contributed by atoms with Gasteiger partial charge in [0.05, 0.1) is 0 Å². The third-order valence-corrected chi connectivity index (χ3v) is 11.0. The smallest absolute Gasteiger partial charge is 0.164 e. The number of thiophene rings is 1. The van der Waals surface area contributed by atoms with E-state index < -0.39 is 0 Å². The highest BCUT2D eigenvalue weighted by atomic mass is 32.1. The third-order valence-electron chi connectivity index (χ3n) is 9.89. The molecular weight excluding hydrogens is 631 g/mol. The summed E-state index contributed by atoms with van der Waals surface area (Å²) in [6.45, 7) is 0. The molecule has 0 aliphatic carbocycles. The Hall–Kier alpha value is -6.43. The van der Waals surface area contributed by atoms with Gasteiger partial charge in [-0.25, -0.2) is 15.0 Å². The fourth-order valence-corrected chi connectivity index (χ4v) is 8.64. The van der Waals surface area contributed by atoms with Crippen LogP contribution in [0.25, 0.3) is 109 Å². The Balaban J connectivity index is 1.13. The standard InChI is InChI=1S/C45H25N3OS/c1-2-10-26(11-3-1)43-46-44(27-18-20-40-36(22-27)33-16-8-9-17-39(33)49-40)48-45(47-43)28-19-21-41-37(23-28)38-24-34-31-14-6-4-12-29(31)30-13-5-7-15-32(30)35(34)25-42(38)50-41/h1-25H. The van der Waals surface area contributed by atoms with Gasteiger partial charge in [-0.15, -0.1) is 11.3 Å². The van der Waals surface area contributed by atoms with E-state index in [-0.39, 0.29) is 0 Å². The molecule has 0 unspecified atom stereocenters. The molecule has 0 saturated heterocycles. The Morgan fingerprint density at radius 3 is 1.52 bits per heavy atom. The van der Waals surface area contributed by atoms with Gasteiger partial charge in [0.1, 0.15) is 11.2 Å². The summed E-state index contributed by atoms with van der Waals surface area (Å²) in [4.78, 5) is 15.2. The summed E-state index contributed by atoms with van der Waals surface area (Å²) >= 11 is 1.84. The first kappa shape index (κ1) is 27.5. The first-order valence-electron chi connectivity index (χ1n) is 16.7. The van der Waals surface area contributed by atoms with Crippen LogP contribution in [0.15, 0.2) is 156 Å². The predicted octanol–water partition coefficient (Wildman–Crippen LogP) is 12.6. The summed E-state index contributed by atoms with van der Waals surface area (Å²) in [6, 6.07) is 53.3. The van der Waals surface area contributed by atoms with Crippen LogP contribution in [0, 0.1) is 0 Å². The lowest BCUT2D eigenvalue weighted by molar-refractivity contribution is 0.669. The Morgan fingerprint density at radius 2 is 0.820 bits per heavy atom. The maximum absolute atomic E-state index is 6.12. The molecule has 0 aliphatic rings. The topological polar surface area (TPSA) is 51.8 Å². The molecule has 0 fully saturated rings. The number of rotatable bonds is 3. The average Bonchev–Trinajstić information content (AvgIpc) is 3.74. The fraction of sp³-hybridized carbons (Fsp3) is 0. The minimum atomic E-state index is 0.626. The molecule has 0 N–H and O–H groups in total. The van der Waals surface area contributed by atoms with Crippen molar-refractivity contribution in [1.29, 1.82) is 0 Å². The molecule has 0 amide bonds. The van der Waals surface area contributed by atoms with E-state index in [9.17, 15) is 0 Å². The van der Waals surface area contributed by atoms with Gasteiger partial charge in [-0.2, -0.15) is 0 Å². The zero-order chi connectivity index (χ0) is 32.8. The molecule has 11 aromatic rings. The first-order valence-corrected chi connectivity index (χ1v) is 17.5. The lowest BCUT2D eigenvalue weighted by Gasteiger charge is -2.10. The van der Waals surface area contributed by atoms with Crippen LogP contribution in [0.5, 0.6) is 0 Å². The summed E-state index contributed by atoms with van der Waals surface area (Å²) in [5, 5.41) is 12.3. The second-order valence-electron chi connectivity index (χ2n) is 12.8. The zero-order valence-corrected chi connectivity index (χ0v) is 27.4. The molecule has 4 nitrogen and oxygen atoms in total. The Bertz CT molecular complexity index is 3160. The summed E-state index contributed by atoms with van der Waals surface area (Å²) in [6.07, 6.45) is 0. The molecular formula is C45H25N3OS. The Morgan fingerprint density at radius 1 is 0.320 bits per heavy atom. The van der Waals surface area contributed by atoms with Crippen LogP contribution in [-0.2, 0) is 0 Å². The van der Waals surface area contributed by atoms with Crippen LogP contribution in [0.2, 0.25) is 0 Å². The van der Waals surface area contributed by atoms with E-state index in [0.717, 1.165) is 38.6 Å². The van der Waals surface area contributed by atoms with Crippen LogP contribution in [0.3, 0.4) is 0 Å². The molecule has 3 aromatic heterocycles. The van der Waals surface area contributed by atoms with E-state index in [1.807, 2.05) is 72.0 Å². The number of hydrogen-bond acceptors (Lipinski definition) is 5. The summed E-state index contributed by atoms with van der Waals surface area (Å²) in [5.74, 6) is 1.91. The van der Waals surface area contributed by atoms with Gasteiger partial charge in [0.2, 0.25) is 0 Å².